The Kier molecular flexibility index (Phi) is 4.25. The fraction of sp³-hybridized carbons (Fsp3) is 0.579. The Morgan fingerprint density at radius 2 is 2.04 bits per heavy atom. The van der Waals surface area contributed by atoms with Crippen molar-refractivity contribution >= 4 is 23.4 Å². The van der Waals surface area contributed by atoms with Crippen LogP contribution in [0, 0.1) is 11.2 Å². The number of carbonyl (C=O) groups is 2. The first-order valence-electron chi connectivity index (χ1n) is 9.23. The Morgan fingerprint density at radius 1 is 1.31 bits per heavy atom. The molecule has 7 heteroatoms. The predicted molar refractivity (Wildman–Crippen MR) is 95.8 cm³/mol. The molecule has 4 rings (SSSR count). The van der Waals surface area contributed by atoms with Crippen molar-refractivity contribution in [1.29, 1.82) is 0 Å². The molecule has 2 aliphatic heterocycles. The number of halogens is 1. The molecule has 140 valence electrons. The number of hydrogen-bond donors (Lipinski definition) is 1. The summed E-state index contributed by atoms with van der Waals surface area (Å²) in [7, 11) is 0. The molecule has 0 radical (unpaired) electrons. The van der Waals surface area contributed by atoms with E-state index < -0.39 is 12.2 Å². The first-order valence-corrected chi connectivity index (χ1v) is 9.23. The number of benzene rings is 1. The van der Waals surface area contributed by atoms with E-state index in [1.165, 1.54) is 30.7 Å². The van der Waals surface area contributed by atoms with Gasteiger partial charge in [-0.15, -0.1) is 0 Å². The van der Waals surface area contributed by atoms with E-state index in [0.717, 1.165) is 25.9 Å². The van der Waals surface area contributed by atoms with Gasteiger partial charge >= 0.3 is 6.09 Å². The third kappa shape index (κ3) is 3.34. The van der Waals surface area contributed by atoms with Crippen molar-refractivity contribution in [2.75, 3.05) is 36.0 Å². The van der Waals surface area contributed by atoms with Gasteiger partial charge in [0.15, 0.2) is 0 Å². The molecule has 1 aromatic rings. The zero-order valence-corrected chi connectivity index (χ0v) is 15.0. The third-order valence-electron chi connectivity index (χ3n) is 5.82. The molecule has 2 heterocycles. The molecular formula is C19H24FN3O3. The van der Waals surface area contributed by atoms with Gasteiger partial charge in [0.05, 0.1) is 24.5 Å². The van der Waals surface area contributed by atoms with Gasteiger partial charge in [0.25, 0.3) is 0 Å². The van der Waals surface area contributed by atoms with Gasteiger partial charge in [0.1, 0.15) is 11.9 Å². The highest BCUT2D eigenvalue weighted by Crippen LogP contribution is 2.54. The van der Waals surface area contributed by atoms with Crippen LogP contribution in [0.1, 0.15) is 32.6 Å². The molecule has 0 bridgehead atoms. The van der Waals surface area contributed by atoms with Gasteiger partial charge in [-0.2, -0.15) is 0 Å². The molecule has 0 aromatic heterocycles. The highest BCUT2D eigenvalue weighted by atomic mass is 19.1. The van der Waals surface area contributed by atoms with Crippen LogP contribution < -0.4 is 15.1 Å². The standard InChI is InChI=1S/C19H24FN3O3/c1-13(24)21-11-15-12-23(18(25)26-15)14-2-3-17(16(20)10-14)22-8-6-19(4-5-19)7-9-22/h2-3,10,15H,4-9,11-12H2,1H3,(H,21,24)/t15-/m0/s1. The monoisotopic (exact) mass is 361 g/mol. The third-order valence-corrected chi connectivity index (χ3v) is 5.82. The molecule has 0 unspecified atom stereocenters. The van der Waals surface area contributed by atoms with Gasteiger partial charge in [0.2, 0.25) is 5.91 Å². The van der Waals surface area contributed by atoms with Crippen LogP contribution in [-0.4, -0.2) is 44.3 Å². The van der Waals surface area contributed by atoms with Crippen molar-refractivity contribution in [3.63, 3.8) is 0 Å². The van der Waals surface area contributed by atoms with Gasteiger partial charge in [-0.05, 0) is 49.3 Å². The molecule has 2 amide bonds. The summed E-state index contributed by atoms with van der Waals surface area (Å²) in [6.45, 7) is 3.74. The summed E-state index contributed by atoms with van der Waals surface area (Å²) in [5.74, 6) is -0.489. The molecule has 1 spiro atoms. The van der Waals surface area contributed by atoms with Gasteiger partial charge < -0.3 is 15.0 Å². The second-order valence-electron chi connectivity index (χ2n) is 7.68. The maximum atomic E-state index is 14.7. The predicted octanol–water partition coefficient (Wildman–Crippen LogP) is 2.67. The normalized spacial score (nSPS) is 23.9. The largest absolute Gasteiger partial charge is 0.442 e. The number of ether oxygens (including phenoxy) is 1. The van der Waals surface area contributed by atoms with E-state index in [1.54, 1.807) is 12.1 Å². The highest BCUT2D eigenvalue weighted by Gasteiger charge is 2.44. The maximum Gasteiger partial charge on any atom is 0.414 e. The van der Waals surface area contributed by atoms with Gasteiger partial charge in [0, 0.05) is 20.0 Å². The van der Waals surface area contributed by atoms with Gasteiger partial charge in [-0.25, -0.2) is 9.18 Å². The van der Waals surface area contributed by atoms with Crippen LogP contribution in [0.5, 0.6) is 0 Å². The first-order chi connectivity index (χ1) is 12.5. The lowest BCUT2D eigenvalue weighted by atomic mass is 9.93. The fourth-order valence-electron chi connectivity index (χ4n) is 3.92. The number of piperidine rings is 1. The van der Waals surface area contributed by atoms with E-state index in [2.05, 4.69) is 10.2 Å². The molecular weight excluding hydrogens is 337 g/mol. The number of cyclic esters (lactones) is 1. The molecule has 26 heavy (non-hydrogen) atoms. The van der Waals surface area contributed by atoms with E-state index in [1.807, 2.05) is 0 Å². The lowest BCUT2D eigenvalue weighted by Crippen LogP contribution is -2.35. The highest BCUT2D eigenvalue weighted by molar-refractivity contribution is 5.90. The molecule has 2 saturated heterocycles. The average molecular weight is 361 g/mol. The van der Waals surface area contributed by atoms with Crippen molar-refractivity contribution in [2.45, 2.75) is 38.7 Å². The fourth-order valence-corrected chi connectivity index (χ4v) is 3.92. The van der Waals surface area contributed by atoms with E-state index >= 15 is 0 Å². The van der Waals surface area contributed by atoms with Crippen LogP contribution >= 0.6 is 0 Å². The number of amides is 2. The summed E-state index contributed by atoms with van der Waals surface area (Å²) in [5.41, 5.74) is 1.64. The topological polar surface area (TPSA) is 61.9 Å². The second kappa shape index (κ2) is 6.45. The lowest BCUT2D eigenvalue weighted by molar-refractivity contribution is -0.119. The quantitative estimate of drug-likeness (QED) is 0.896. The van der Waals surface area contributed by atoms with Gasteiger partial charge in [-0.1, -0.05) is 0 Å². The van der Waals surface area contributed by atoms with Crippen LogP contribution in [0.3, 0.4) is 0 Å². The molecule has 1 aromatic carbocycles. The summed E-state index contributed by atoms with van der Waals surface area (Å²) in [6, 6.07) is 4.92. The van der Waals surface area contributed by atoms with Gasteiger partial charge in [-0.3, -0.25) is 9.69 Å². The summed E-state index contributed by atoms with van der Waals surface area (Å²) in [5, 5.41) is 2.63. The van der Waals surface area contributed by atoms with Crippen LogP contribution in [0.4, 0.5) is 20.6 Å². The summed E-state index contributed by atoms with van der Waals surface area (Å²) < 4.78 is 19.9. The van der Waals surface area contributed by atoms with Crippen molar-refractivity contribution in [3.8, 4) is 0 Å². The van der Waals surface area contributed by atoms with Crippen molar-refractivity contribution in [2.24, 2.45) is 5.41 Å². The van der Waals surface area contributed by atoms with E-state index in [-0.39, 0.29) is 18.3 Å². The second-order valence-corrected chi connectivity index (χ2v) is 7.68. The number of nitrogens with zero attached hydrogens (tertiary/aromatic N) is 2. The van der Waals surface area contributed by atoms with Crippen LogP contribution in [0.15, 0.2) is 18.2 Å². The molecule has 1 saturated carbocycles. The zero-order valence-electron chi connectivity index (χ0n) is 15.0. The van der Waals surface area contributed by atoms with Crippen LogP contribution in [0.2, 0.25) is 0 Å². The number of rotatable bonds is 4. The smallest absolute Gasteiger partial charge is 0.414 e. The van der Waals surface area contributed by atoms with Crippen LogP contribution in [0.25, 0.3) is 0 Å². The molecule has 1 aliphatic carbocycles. The van der Waals surface area contributed by atoms with Crippen molar-refractivity contribution in [1.82, 2.24) is 5.32 Å². The minimum Gasteiger partial charge on any atom is -0.442 e. The summed E-state index contributed by atoms with van der Waals surface area (Å²) >= 11 is 0. The minimum absolute atomic E-state index is 0.176. The first kappa shape index (κ1) is 17.1. The minimum atomic E-state index is -0.513. The Hall–Kier alpha value is -2.31. The Bertz CT molecular complexity index is 725. The maximum absolute atomic E-state index is 14.7. The Labute approximate surface area is 152 Å². The van der Waals surface area contributed by atoms with E-state index in [0.29, 0.717) is 23.3 Å². The number of hydrogen-bond acceptors (Lipinski definition) is 4. The molecule has 1 atom stereocenters. The number of nitrogens with one attached hydrogen (secondary N) is 1. The average Bonchev–Trinajstić information content (AvgIpc) is 3.26. The number of carbonyl (C=O) groups excluding carboxylic acids is 2. The Balaban J connectivity index is 1.42. The van der Waals surface area contributed by atoms with Crippen molar-refractivity contribution in [3.05, 3.63) is 24.0 Å². The Morgan fingerprint density at radius 3 is 2.65 bits per heavy atom. The molecule has 3 aliphatic rings. The lowest BCUT2D eigenvalue weighted by Gasteiger charge is -2.34. The van der Waals surface area contributed by atoms with Crippen LogP contribution in [-0.2, 0) is 9.53 Å². The van der Waals surface area contributed by atoms with Crippen molar-refractivity contribution < 1.29 is 18.7 Å². The molecule has 1 N–H and O–H groups in total. The van der Waals surface area contributed by atoms with E-state index in [4.69, 9.17) is 4.74 Å². The number of anilines is 2. The SMILES string of the molecule is CC(=O)NC[C@H]1CN(c2ccc(N3CCC4(CC3)CC4)c(F)c2)C(=O)O1. The molecule has 6 nitrogen and oxygen atoms in total. The summed E-state index contributed by atoms with van der Waals surface area (Å²) in [4.78, 5) is 26.6. The van der Waals surface area contributed by atoms with E-state index in [9.17, 15) is 14.0 Å². The summed E-state index contributed by atoms with van der Waals surface area (Å²) in [6.07, 6.45) is 3.97. The molecule has 3 fully saturated rings. The zero-order chi connectivity index (χ0) is 18.3.